The molecule has 1 fully saturated rings. The first-order chi connectivity index (χ1) is 9.10. The summed E-state index contributed by atoms with van der Waals surface area (Å²) in [6, 6.07) is 5.12. The Morgan fingerprint density at radius 1 is 1.37 bits per heavy atom. The van der Waals surface area contributed by atoms with Gasteiger partial charge in [0.25, 0.3) is 0 Å². The van der Waals surface area contributed by atoms with Gasteiger partial charge in [0.1, 0.15) is 0 Å². The molecule has 19 heavy (non-hydrogen) atoms. The lowest BCUT2D eigenvalue weighted by atomic mass is 9.80. The molecule has 0 aliphatic heterocycles. The number of nitrogens with one attached hydrogen (secondary N) is 1. The third-order valence-corrected chi connectivity index (χ3v) is 4.10. The molecule has 1 aromatic carbocycles. The third-order valence-electron chi connectivity index (χ3n) is 4.10. The van der Waals surface area contributed by atoms with Crippen molar-refractivity contribution in [3.63, 3.8) is 0 Å². The Morgan fingerprint density at radius 3 is 2.63 bits per heavy atom. The molecule has 4 heteroatoms. The van der Waals surface area contributed by atoms with Gasteiger partial charge in [-0.15, -0.1) is 0 Å². The number of halogens is 1. The van der Waals surface area contributed by atoms with Crippen LogP contribution < -0.4 is 10.1 Å². The van der Waals surface area contributed by atoms with Crippen molar-refractivity contribution in [1.82, 2.24) is 5.32 Å². The summed E-state index contributed by atoms with van der Waals surface area (Å²) in [5.41, 5.74) is 1.02. The van der Waals surface area contributed by atoms with Gasteiger partial charge in [0.2, 0.25) is 0 Å². The quantitative estimate of drug-likeness (QED) is 0.859. The highest BCUT2D eigenvalue weighted by atomic mass is 19.1. The van der Waals surface area contributed by atoms with Crippen LogP contribution in [0.2, 0.25) is 0 Å². The Morgan fingerprint density at radius 2 is 2.11 bits per heavy atom. The van der Waals surface area contributed by atoms with Crippen LogP contribution >= 0.6 is 0 Å². The molecule has 0 amide bonds. The summed E-state index contributed by atoms with van der Waals surface area (Å²) in [4.78, 5) is 0. The van der Waals surface area contributed by atoms with Crippen molar-refractivity contribution in [2.45, 2.75) is 37.8 Å². The van der Waals surface area contributed by atoms with Crippen LogP contribution in [0.3, 0.4) is 0 Å². The summed E-state index contributed by atoms with van der Waals surface area (Å²) in [5.74, 6) is -0.0398. The van der Waals surface area contributed by atoms with E-state index >= 15 is 0 Å². The number of benzene rings is 1. The van der Waals surface area contributed by atoms with Crippen molar-refractivity contribution in [2.75, 3.05) is 20.8 Å². The lowest BCUT2D eigenvalue weighted by molar-refractivity contribution is -0.0706. The normalized spacial score (nSPS) is 18.7. The fourth-order valence-electron chi connectivity index (χ4n) is 2.43. The first-order valence-corrected chi connectivity index (χ1v) is 6.72. The molecule has 3 nitrogen and oxygen atoms in total. The minimum Gasteiger partial charge on any atom is -0.494 e. The summed E-state index contributed by atoms with van der Waals surface area (Å²) >= 11 is 0. The molecule has 1 saturated carbocycles. The summed E-state index contributed by atoms with van der Waals surface area (Å²) in [5, 5.41) is 3.46. The molecule has 1 aromatic rings. The molecule has 1 atom stereocenters. The molecule has 0 spiro atoms. The highest BCUT2D eigenvalue weighted by molar-refractivity contribution is 5.31. The third kappa shape index (κ3) is 3.07. The minimum absolute atomic E-state index is 0.00161. The zero-order chi connectivity index (χ0) is 13.9. The Bertz CT molecular complexity index is 427. The molecule has 106 valence electrons. The van der Waals surface area contributed by atoms with Gasteiger partial charge in [-0.05, 0) is 43.9 Å². The number of rotatable bonds is 6. The van der Waals surface area contributed by atoms with E-state index in [-0.39, 0.29) is 23.2 Å². The summed E-state index contributed by atoms with van der Waals surface area (Å²) in [7, 11) is 3.25. The predicted octanol–water partition coefficient (Wildman–Crippen LogP) is 3.05. The average molecular weight is 267 g/mol. The highest BCUT2D eigenvalue weighted by Gasteiger charge is 2.36. The van der Waals surface area contributed by atoms with Crippen LogP contribution in [0.4, 0.5) is 4.39 Å². The van der Waals surface area contributed by atoms with E-state index < -0.39 is 0 Å². The Kier molecular flexibility index (Phi) is 4.42. The first kappa shape index (κ1) is 14.3. The SMILES string of the molecule is COc1cc(C(C)NCC2(OC)CCC2)ccc1F. The second kappa shape index (κ2) is 5.88. The molecule has 1 unspecified atom stereocenters. The van der Waals surface area contributed by atoms with Crippen molar-refractivity contribution in [1.29, 1.82) is 0 Å². The van der Waals surface area contributed by atoms with Crippen LogP contribution in [-0.4, -0.2) is 26.4 Å². The lowest BCUT2D eigenvalue weighted by Crippen LogP contribution is -2.48. The lowest BCUT2D eigenvalue weighted by Gasteiger charge is -2.41. The molecule has 1 aliphatic rings. The van der Waals surface area contributed by atoms with Gasteiger partial charge < -0.3 is 14.8 Å². The molecular formula is C15H22FNO2. The summed E-state index contributed by atoms with van der Waals surface area (Å²) in [6.45, 7) is 2.89. The van der Waals surface area contributed by atoms with Crippen LogP contribution in [-0.2, 0) is 4.74 Å². The fourth-order valence-corrected chi connectivity index (χ4v) is 2.43. The van der Waals surface area contributed by atoms with Gasteiger partial charge in [-0.3, -0.25) is 0 Å². The van der Waals surface area contributed by atoms with Gasteiger partial charge in [0.15, 0.2) is 11.6 Å². The van der Waals surface area contributed by atoms with Crippen LogP contribution in [0.5, 0.6) is 5.75 Å². The molecule has 0 bridgehead atoms. The fraction of sp³-hybridized carbons (Fsp3) is 0.600. The molecule has 0 saturated heterocycles. The van der Waals surface area contributed by atoms with Crippen molar-refractivity contribution in [3.8, 4) is 5.75 Å². The number of methoxy groups -OCH3 is 2. The van der Waals surface area contributed by atoms with Crippen molar-refractivity contribution in [3.05, 3.63) is 29.6 Å². The smallest absolute Gasteiger partial charge is 0.165 e. The predicted molar refractivity (Wildman–Crippen MR) is 73.0 cm³/mol. The van der Waals surface area contributed by atoms with E-state index in [0.29, 0.717) is 0 Å². The van der Waals surface area contributed by atoms with E-state index in [9.17, 15) is 4.39 Å². The van der Waals surface area contributed by atoms with E-state index in [0.717, 1.165) is 24.9 Å². The largest absolute Gasteiger partial charge is 0.494 e. The van der Waals surface area contributed by atoms with Crippen LogP contribution in [0.1, 0.15) is 37.8 Å². The topological polar surface area (TPSA) is 30.5 Å². The zero-order valence-corrected chi connectivity index (χ0v) is 11.8. The minimum atomic E-state index is -0.328. The molecular weight excluding hydrogens is 245 g/mol. The second-order valence-corrected chi connectivity index (χ2v) is 5.24. The maximum atomic E-state index is 13.4. The number of hydrogen-bond acceptors (Lipinski definition) is 3. The second-order valence-electron chi connectivity index (χ2n) is 5.24. The van der Waals surface area contributed by atoms with Gasteiger partial charge in [-0.25, -0.2) is 4.39 Å². The maximum Gasteiger partial charge on any atom is 0.165 e. The van der Waals surface area contributed by atoms with E-state index in [1.165, 1.54) is 19.6 Å². The van der Waals surface area contributed by atoms with Gasteiger partial charge >= 0.3 is 0 Å². The standard InChI is InChI=1S/C15H22FNO2/c1-11(17-10-15(19-3)7-4-8-15)12-5-6-13(16)14(9-12)18-2/h5-6,9,11,17H,4,7-8,10H2,1-3H3. The average Bonchev–Trinajstić information content (AvgIpc) is 2.38. The van der Waals surface area contributed by atoms with Crippen molar-refractivity contribution in [2.24, 2.45) is 0 Å². The molecule has 0 heterocycles. The van der Waals surface area contributed by atoms with E-state index in [4.69, 9.17) is 9.47 Å². The van der Waals surface area contributed by atoms with Crippen LogP contribution in [0.15, 0.2) is 18.2 Å². The Labute approximate surface area is 114 Å². The molecule has 2 rings (SSSR count). The van der Waals surface area contributed by atoms with Gasteiger partial charge in [-0.1, -0.05) is 6.07 Å². The number of hydrogen-bond donors (Lipinski definition) is 1. The van der Waals surface area contributed by atoms with E-state index in [1.54, 1.807) is 19.2 Å². The monoisotopic (exact) mass is 267 g/mol. The van der Waals surface area contributed by atoms with Gasteiger partial charge in [0, 0.05) is 19.7 Å². The van der Waals surface area contributed by atoms with Crippen LogP contribution in [0.25, 0.3) is 0 Å². The van der Waals surface area contributed by atoms with E-state index in [1.807, 2.05) is 0 Å². The number of ether oxygens (including phenoxy) is 2. The van der Waals surface area contributed by atoms with Gasteiger partial charge in [-0.2, -0.15) is 0 Å². The summed E-state index contributed by atoms with van der Waals surface area (Å²) in [6.07, 6.45) is 3.44. The highest BCUT2D eigenvalue weighted by Crippen LogP contribution is 2.35. The zero-order valence-electron chi connectivity index (χ0n) is 11.8. The molecule has 1 N–H and O–H groups in total. The van der Waals surface area contributed by atoms with E-state index in [2.05, 4.69) is 12.2 Å². The maximum absolute atomic E-state index is 13.4. The van der Waals surface area contributed by atoms with Crippen molar-refractivity contribution < 1.29 is 13.9 Å². The van der Waals surface area contributed by atoms with Crippen molar-refractivity contribution >= 4 is 0 Å². The van der Waals surface area contributed by atoms with Gasteiger partial charge in [0.05, 0.1) is 12.7 Å². The molecule has 0 aromatic heterocycles. The first-order valence-electron chi connectivity index (χ1n) is 6.72. The Balaban J connectivity index is 1.97. The van der Waals surface area contributed by atoms with Crippen LogP contribution in [0, 0.1) is 5.82 Å². The molecule has 1 aliphatic carbocycles. The Hall–Kier alpha value is -1.13. The summed E-state index contributed by atoms with van der Waals surface area (Å²) < 4.78 is 23.9. The molecule has 0 radical (unpaired) electrons.